The van der Waals surface area contributed by atoms with Gasteiger partial charge in [0.2, 0.25) is 0 Å². The Morgan fingerprint density at radius 1 is 0.652 bits per heavy atom. The maximum Gasteiger partial charge on any atom is 0.0847 e. The van der Waals surface area contributed by atoms with E-state index in [0.717, 1.165) is 50.0 Å². The fourth-order valence-corrected chi connectivity index (χ4v) is 5.55. The number of fused-ring (bicyclic) bond motifs is 4. The van der Waals surface area contributed by atoms with Crippen LogP contribution in [0.25, 0.3) is 66.3 Å². The minimum atomic E-state index is 0. The number of nitrogens with zero attached hydrogens (tertiary/aromatic N) is 3. The van der Waals surface area contributed by atoms with Gasteiger partial charge in [-0.25, -0.2) is 0 Å². The Balaban J connectivity index is 0.000000187. The molecule has 4 heterocycles. The molecule has 4 aromatic carbocycles. The van der Waals surface area contributed by atoms with Crippen molar-refractivity contribution in [3.05, 3.63) is 150 Å². The standard InChI is InChI=1S/C26H15N2O.C15H16N.Ir/c1-2-7-20-17(5-1)6-3-8-21(20)19-10-11-24(28-16-19)23-15-18-12-14-29-26(18)25-22(23)9-4-13-27-25;1-10-5-6-14(7-11(10)2)15-8-12(3)13(4)9-16-15;/h1-14,16H;5,7-9H,1-4H3;/q2*-1;. The molecule has 0 bridgehead atoms. The summed E-state index contributed by atoms with van der Waals surface area (Å²) in [5.74, 6) is 0. The van der Waals surface area contributed by atoms with Crippen molar-refractivity contribution in [1.82, 2.24) is 15.0 Å². The van der Waals surface area contributed by atoms with Crippen LogP contribution in [-0.4, -0.2) is 15.0 Å². The van der Waals surface area contributed by atoms with Gasteiger partial charge in [-0.1, -0.05) is 115 Å². The Kier molecular flexibility index (Phi) is 8.89. The third kappa shape index (κ3) is 6.00. The average molecular weight is 774 g/mol. The van der Waals surface area contributed by atoms with Gasteiger partial charge in [0.05, 0.1) is 5.58 Å². The van der Waals surface area contributed by atoms with E-state index in [1.165, 1.54) is 38.6 Å². The Morgan fingerprint density at radius 2 is 1.43 bits per heavy atom. The number of aromatic nitrogens is 3. The summed E-state index contributed by atoms with van der Waals surface area (Å²) < 4.78 is 5.63. The topological polar surface area (TPSA) is 51.8 Å². The van der Waals surface area contributed by atoms with Gasteiger partial charge < -0.3 is 9.40 Å². The van der Waals surface area contributed by atoms with Crippen LogP contribution < -0.4 is 0 Å². The van der Waals surface area contributed by atoms with Crippen molar-refractivity contribution < 1.29 is 24.5 Å². The van der Waals surface area contributed by atoms with E-state index in [9.17, 15) is 0 Å². The zero-order valence-electron chi connectivity index (χ0n) is 26.1. The second-order valence-electron chi connectivity index (χ2n) is 11.4. The molecule has 8 rings (SSSR count). The van der Waals surface area contributed by atoms with Crippen molar-refractivity contribution in [1.29, 1.82) is 0 Å². The first-order valence-corrected chi connectivity index (χ1v) is 15.0. The summed E-state index contributed by atoms with van der Waals surface area (Å²) in [6, 6.07) is 37.9. The Hall–Kier alpha value is -4.96. The van der Waals surface area contributed by atoms with Crippen LogP contribution in [0.5, 0.6) is 0 Å². The second kappa shape index (κ2) is 13.2. The minimum absolute atomic E-state index is 0. The molecule has 4 nitrogen and oxygen atoms in total. The van der Waals surface area contributed by atoms with Crippen molar-refractivity contribution in [2.45, 2.75) is 27.7 Å². The van der Waals surface area contributed by atoms with E-state index in [0.29, 0.717) is 0 Å². The van der Waals surface area contributed by atoms with E-state index in [4.69, 9.17) is 9.40 Å². The maximum absolute atomic E-state index is 5.63. The van der Waals surface area contributed by atoms with Gasteiger partial charge >= 0.3 is 0 Å². The van der Waals surface area contributed by atoms with Gasteiger partial charge in [-0.15, -0.1) is 41.0 Å². The molecule has 46 heavy (non-hydrogen) atoms. The number of rotatable bonds is 3. The van der Waals surface area contributed by atoms with Crippen LogP contribution in [0.1, 0.15) is 22.3 Å². The number of aryl methyl sites for hydroxylation is 4. The molecule has 0 amide bonds. The molecule has 0 aliphatic rings. The molecule has 4 aromatic heterocycles. The number of furan rings is 1. The first-order valence-electron chi connectivity index (χ1n) is 15.0. The molecule has 0 atom stereocenters. The zero-order valence-corrected chi connectivity index (χ0v) is 28.4. The predicted octanol–water partition coefficient (Wildman–Crippen LogP) is 10.4. The quantitative estimate of drug-likeness (QED) is 0.168. The summed E-state index contributed by atoms with van der Waals surface area (Å²) in [4.78, 5) is 13.8. The fraction of sp³-hybridized carbons (Fsp3) is 0.0976. The molecular weight excluding hydrogens is 743 g/mol. The minimum Gasteiger partial charge on any atom is -0.506 e. The molecule has 0 unspecified atom stereocenters. The first-order chi connectivity index (χ1) is 22.0. The van der Waals surface area contributed by atoms with Crippen molar-refractivity contribution in [2.75, 3.05) is 0 Å². The molecule has 8 aromatic rings. The summed E-state index contributed by atoms with van der Waals surface area (Å²) in [7, 11) is 0. The smallest absolute Gasteiger partial charge is 0.0847 e. The number of hydrogen-bond acceptors (Lipinski definition) is 4. The monoisotopic (exact) mass is 774 g/mol. The molecule has 0 fully saturated rings. The third-order valence-electron chi connectivity index (χ3n) is 8.41. The summed E-state index contributed by atoms with van der Waals surface area (Å²) >= 11 is 0. The Bertz CT molecular complexity index is 2270. The first kappa shape index (κ1) is 31.0. The summed E-state index contributed by atoms with van der Waals surface area (Å²) in [6.07, 6.45) is 7.32. The molecule has 5 heteroatoms. The van der Waals surface area contributed by atoms with Crippen molar-refractivity contribution >= 4 is 32.6 Å². The van der Waals surface area contributed by atoms with Crippen molar-refractivity contribution in [2.24, 2.45) is 0 Å². The molecule has 0 spiro atoms. The third-order valence-corrected chi connectivity index (χ3v) is 8.41. The fourth-order valence-electron chi connectivity index (χ4n) is 5.55. The normalized spacial score (nSPS) is 10.9. The second-order valence-corrected chi connectivity index (χ2v) is 11.4. The molecule has 0 saturated carbocycles. The average Bonchev–Trinajstić information content (AvgIpc) is 3.56. The summed E-state index contributed by atoms with van der Waals surface area (Å²) in [6.45, 7) is 8.41. The van der Waals surface area contributed by atoms with Gasteiger partial charge in [-0.3, -0.25) is 9.97 Å². The van der Waals surface area contributed by atoms with E-state index in [-0.39, 0.29) is 20.1 Å². The number of benzene rings is 4. The largest absolute Gasteiger partial charge is 0.506 e. The van der Waals surface area contributed by atoms with E-state index in [1.807, 2.05) is 36.7 Å². The zero-order chi connectivity index (χ0) is 30.9. The predicted molar refractivity (Wildman–Crippen MR) is 184 cm³/mol. The summed E-state index contributed by atoms with van der Waals surface area (Å²) in [5, 5.41) is 4.35. The Labute approximate surface area is 282 Å². The maximum atomic E-state index is 5.63. The van der Waals surface area contributed by atoms with Gasteiger partial charge in [-0.05, 0) is 47.0 Å². The molecule has 0 aliphatic heterocycles. The summed E-state index contributed by atoms with van der Waals surface area (Å²) in [5.41, 5.74) is 12.8. The van der Waals surface area contributed by atoms with Crippen LogP contribution in [-0.2, 0) is 20.1 Å². The van der Waals surface area contributed by atoms with Crippen LogP contribution in [0.3, 0.4) is 0 Å². The molecule has 227 valence electrons. The van der Waals surface area contributed by atoms with Gasteiger partial charge in [-0.2, -0.15) is 0 Å². The SMILES string of the molecule is Cc1c[c-]c(-c2cc(C)c(C)cn2)cc1C.[Ir].[c-]1c(-c2ccc(-c3cccc4ccccc34)cn2)c2cccnc2c2occc12. The molecular formula is C41H31IrN3O-2. The molecule has 0 aliphatic carbocycles. The van der Waals surface area contributed by atoms with Crippen LogP contribution in [0.2, 0.25) is 0 Å². The van der Waals surface area contributed by atoms with E-state index >= 15 is 0 Å². The van der Waals surface area contributed by atoms with Gasteiger partial charge in [0.15, 0.2) is 0 Å². The van der Waals surface area contributed by atoms with Gasteiger partial charge in [0, 0.05) is 56.2 Å². The molecule has 0 saturated heterocycles. The van der Waals surface area contributed by atoms with Crippen LogP contribution >= 0.6 is 0 Å². The number of hydrogen-bond donors (Lipinski definition) is 0. The Morgan fingerprint density at radius 3 is 2.24 bits per heavy atom. The molecule has 1 radical (unpaired) electrons. The van der Waals surface area contributed by atoms with E-state index in [2.05, 4.69) is 117 Å². The van der Waals surface area contributed by atoms with E-state index in [1.54, 1.807) is 12.5 Å². The molecule has 0 N–H and O–H groups in total. The van der Waals surface area contributed by atoms with Gasteiger partial charge in [0.25, 0.3) is 0 Å². The van der Waals surface area contributed by atoms with Gasteiger partial charge in [0.1, 0.15) is 0 Å². The van der Waals surface area contributed by atoms with Crippen LogP contribution in [0.4, 0.5) is 0 Å². The van der Waals surface area contributed by atoms with Crippen molar-refractivity contribution in [3.63, 3.8) is 0 Å². The van der Waals surface area contributed by atoms with Crippen molar-refractivity contribution in [3.8, 4) is 33.6 Å². The van der Waals surface area contributed by atoms with Crippen LogP contribution in [0, 0.1) is 39.8 Å². The van der Waals surface area contributed by atoms with Crippen LogP contribution in [0.15, 0.2) is 120 Å². The van der Waals surface area contributed by atoms with E-state index < -0.39 is 0 Å². The number of pyridine rings is 3.